The fourth-order valence-electron chi connectivity index (χ4n) is 2.29. The second kappa shape index (κ2) is 7.30. The van der Waals surface area contributed by atoms with Crippen LogP contribution in [0.1, 0.15) is 43.9 Å². The third-order valence-corrected chi connectivity index (χ3v) is 3.07. The molecular formula is C15H19F3N2. The summed E-state index contributed by atoms with van der Waals surface area (Å²) in [5.74, 6) is 0. The molecule has 0 heterocycles. The first-order valence-corrected chi connectivity index (χ1v) is 6.75. The zero-order chi connectivity index (χ0) is 15.2. The van der Waals surface area contributed by atoms with Crippen molar-refractivity contribution in [3.63, 3.8) is 0 Å². The smallest absolute Gasteiger partial charge is 0.284 e. The number of rotatable bonds is 6. The van der Waals surface area contributed by atoms with Gasteiger partial charge in [-0.3, -0.25) is 4.90 Å². The van der Waals surface area contributed by atoms with Gasteiger partial charge < -0.3 is 0 Å². The summed E-state index contributed by atoms with van der Waals surface area (Å²) in [6, 6.07) is 6.51. The molecule has 5 heteroatoms. The van der Waals surface area contributed by atoms with Crippen LogP contribution in [-0.4, -0.2) is 18.0 Å². The average molecular weight is 284 g/mol. The van der Waals surface area contributed by atoms with E-state index in [4.69, 9.17) is 0 Å². The van der Waals surface area contributed by atoms with Crippen LogP contribution < -0.4 is 0 Å². The molecule has 1 unspecified atom stereocenters. The van der Waals surface area contributed by atoms with Crippen LogP contribution in [0.25, 0.3) is 0 Å². The van der Waals surface area contributed by atoms with Crippen LogP contribution >= 0.6 is 0 Å². The van der Waals surface area contributed by atoms with Crippen LogP contribution in [0.4, 0.5) is 13.2 Å². The third-order valence-electron chi connectivity index (χ3n) is 3.07. The van der Waals surface area contributed by atoms with E-state index in [1.54, 1.807) is 6.07 Å². The second-order valence-electron chi connectivity index (χ2n) is 4.65. The summed E-state index contributed by atoms with van der Waals surface area (Å²) >= 11 is 0. The topological polar surface area (TPSA) is 27.0 Å². The molecule has 0 N–H and O–H groups in total. The molecule has 0 amide bonds. The molecule has 1 atom stereocenters. The fourth-order valence-corrected chi connectivity index (χ4v) is 2.29. The molecule has 0 aliphatic carbocycles. The van der Waals surface area contributed by atoms with Gasteiger partial charge >= 0.3 is 6.18 Å². The molecule has 0 spiro atoms. The summed E-state index contributed by atoms with van der Waals surface area (Å²) in [7, 11) is 0. The number of nitriles is 1. The van der Waals surface area contributed by atoms with Gasteiger partial charge in [0.15, 0.2) is 0 Å². The van der Waals surface area contributed by atoms with Crippen LogP contribution in [0.2, 0.25) is 0 Å². The zero-order valence-electron chi connectivity index (χ0n) is 11.7. The summed E-state index contributed by atoms with van der Waals surface area (Å²) < 4.78 is 39.2. The zero-order valence-corrected chi connectivity index (χ0v) is 11.7. The maximum Gasteiger partial charge on any atom is 0.416 e. The van der Waals surface area contributed by atoms with Crippen LogP contribution in [0.5, 0.6) is 0 Å². The Hall–Kier alpha value is -1.54. The molecule has 0 saturated heterocycles. The predicted octanol–water partition coefficient (Wildman–Crippen LogP) is 4.39. The fraction of sp³-hybridized carbons (Fsp3) is 0.533. The lowest BCUT2D eigenvalue weighted by Crippen LogP contribution is -2.31. The van der Waals surface area contributed by atoms with Gasteiger partial charge in [-0.15, -0.1) is 0 Å². The van der Waals surface area contributed by atoms with E-state index in [1.165, 1.54) is 12.1 Å². The van der Waals surface area contributed by atoms with Gasteiger partial charge in [0, 0.05) is 0 Å². The lowest BCUT2D eigenvalue weighted by Gasteiger charge is -2.28. The first-order chi connectivity index (χ1) is 9.45. The lowest BCUT2D eigenvalue weighted by molar-refractivity contribution is -0.138. The molecule has 0 aliphatic rings. The van der Waals surface area contributed by atoms with E-state index in [0.29, 0.717) is 13.1 Å². The molecule has 0 saturated carbocycles. The largest absolute Gasteiger partial charge is 0.416 e. The van der Waals surface area contributed by atoms with Gasteiger partial charge in [-0.25, -0.2) is 0 Å². The monoisotopic (exact) mass is 284 g/mol. The van der Waals surface area contributed by atoms with Crippen molar-refractivity contribution in [3.8, 4) is 6.07 Å². The number of halogens is 3. The molecule has 0 aromatic heterocycles. The van der Waals surface area contributed by atoms with Crippen molar-refractivity contribution in [1.82, 2.24) is 4.90 Å². The summed E-state index contributed by atoms with van der Waals surface area (Å²) in [6.07, 6.45) is -2.84. The minimum absolute atomic E-state index is 0.0457. The Morgan fingerprint density at radius 2 is 1.70 bits per heavy atom. The maximum absolute atomic E-state index is 13.1. The van der Waals surface area contributed by atoms with Gasteiger partial charge in [-0.05, 0) is 37.6 Å². The van der Waals surface area contributed by atoms with E-state index in [1.807, 2.05) is 24.8 Å². The summed E-state index contributed by atoms with van der Waals surface area (Å²) in [5, 5.41) is 9.33. The van der Waals surface area contributed by atoms with Crippen LogP contribution in [0.15, 0.2) is 24.3 Å². The second-order valence-corrected chi connectivity index (χ2v) is 4.65. The molecule has 1 rings (SSSR count). The van der Waals surface area contributed by atoms with E-state index in [2.05, 4.69) is 0 Å². The van der Waals surface area contributed by atoms with Gasteiger partial charge in [0.05, 0.1) is 11.6 Å². The van der Waals surface area contributed by atoms with Gasteiger partial charge in [0.2, 0.25) is 0 Å². The highest BCUT2D eigenvalue weighted by Gasteiger charge is 2.36. The highest BCUT2D eigenvalue weighted by Crippen LogP contribution is 2.36. The van der Waals surface area contributed by atoms with Gasteiger partial charge in [-0.1, -0.05) is 32.0 Å². The van der Waals surface area contributed by atoms with E-state index >= 15 is 0 Å². The van der Waals surface area contributed by atoms with Crippen molar-refractivity contribution in [3.05, 3.63) is 35.4 Å². The van der Waals surface area contributed by atoms with Crippen molar-refractivity contribution in [2.24, 2.45) is 0 Å². The standard InChI is InChI=1S/C15H19F3N2/c1-3-9-20(10-4-2)14(11-19)12-7-5-6-8-13(12)15(16,17)18/h5-8,14H,3-4,9-10H2,1-2H3. The quantitative estimate of drug-likeness (QED) is 0.774. The number of benzene rings is 1. The molecule has 2 nitrogen and oxygen atoms in total. The number of alkyl halides is 3. The first-order valence-electron chi connectivity index (χ1n) is 6.75. The number of nitrogens with zero attached hydrogens (tertiary/aromatic N) is 2. The van der Waals surface area contributed by atoms with Crippen molar-refractivity contribution in [1.29, 1.82) is 5.26 Å². The van der Waals surface area contributed by atoms with E-state index in [0.717, 1.165) is 18.9 Å². The molecule has 0 bridgehead atoms. The first kappa shape index (κ1) is 16.5. The van der Waals surface area contributed by atoms with Crippen molar-refractivity contribution < 1.29 is 13.2 Å². The SMILES string of the molecule is CCCN(CCC)C(C#N)c1ccccc1C(F)(F)F. The minimum atomic E-state index is -4.43. The Balaban J connectivity index is 3.21. The summed E-state index contributed by atoms with van der Waals surface area (Å²) in [4.78, 5) is 1.81. The van der Waals surface area contributed by atoms with Gasteiger partial charge in [0.1, 0.15) is 6.04 Å². The highest BCUT2D eigenvalue weighted by molar-refractivity contribution is 5.35. The number of hydrogen-bond donors (Lipinski definition) is 0. The van der Waals surface area contributed by atoms with Crippen LogP contribution in [0.3, 0.4) is 0 Å². The molecule has 0 radical (unpaired) electrons. The Labute approximate surface area is 117 Å². The van der Waals surface area contributed by atoms with Crippen molar-refractivity contribution in [2.45, 2.75) is 38.9 Å². The van der Waals surface area contributed by atoms with Crippen LogP contribution in [0, 0.1) is 11.3 Å². The Morgan fingerprint density at radius 3 is 2.15 bits per heavy atom. The average Bonchev–Trinajstić information content (AvgIpc) is 2.39. The molecule has 20 heavy (non-hydrogen) atoms. The number of hydrogen-bond acceptors (Lipinski definition) is 2. The Kier molecular flexibility index (Phi) is 6.03. The molecule has 1 aromatic rings. The molecule has 0 aliphatic heterocycles. The molecule has 110 valence electrons. The molecule has 1 aromatic carbocycles. The Morgan fingerprint density at radius 1 is 1.15 bits per heavy atom. The van der Waals surface area contributed by atoms with Gasteiger partial charge in [-0.2, -0.15) is 18.4 Å². The lowest BCUT2D eigenvalue weighted by atomic mass is 9.99. The van der Waals surface area contributed by atoms with E-state index < -0.39 is 17.8 Å². The molecular weight excluding hydrogens is 265 g/mol. The van der Waals surface area contributed by atoms with Gasteiger partial charge in [0.25, 0.3) is 0 Å². The summed E-state index contributed by atoms with van der Waals surface area (Å²) in [5.41, 5.74) is -0.673. The summed E-state index contributed by atoms with van der Waals surface area (Å²) in [6.45, 7) is 5.12. The van der Waals surface area contributed by atoms with Crippen molar-refractivity contribution in [2.75, 3.05) is 13.1 Å². The molecule has 0 fully saturated rings. The third kappa shape index (κ3) is 3.97. The van der Waals surface area contributed by atoms with E-state index in [9.17, 15) is 18.4 Å². The van der Waals surface area contributed by atoms with Crippen molar-refractivity contribution >= 4 is 0 Å². The maximum atomic E-state index is 13.1. The highest BCUT2D eigenvalue weighted by atomic mass is 19.4. The van der Waals surface area contributed by atoms with E-state index in [-0.39, 0.29) is 5.56 Å². The Bertz CT molecular complexity index is 457. The van der Waals surface area contributed by atoms with Crippen LogP contribution in [-0.2, 0) is 6.18 Å². The normalized spacial score (nSPS) is 13.2. The minimum Gasteiger partial charge on any atom is -0.284 e. The predicted molar refractivity (Wildman–Crippen MR) is 72.0 cm³/mol.